The lowest BCUT2D eigenvalue weighted by Crippen LogP contribution is -2.19. The average Bonchev–Trinajstić information content (AvgIpc) is 2.27. The molecule has 0 saturated heterocycles. The zero-order valence-electron chi connectivity index (χ0n) is 9.20. The Morgan fingerprint density at radius 2 is 1.93 bits per heavy atom. The summed E-state index contributed by atoms with van der Waals surface area (Å²) in [6.45, 7) is 5.26. The van der Waals surface area contributed by atoms with Gasteiger partial charge >= 0.3 is 0 Å². The zero-order valence-corrected chi connectivity index (χ0v) is 9.20. The molecule has 0 aromatic carbocycles. The predicted octanol–water partition coefficient (Wildman–Crippen LogP) is 1.09. The number of nitrogens with one attached hydrogen (secondary N) is 2. The molecular formula is C10H18N4O. The lowest BCUT2D eigenvalue weighted by Gasteiger charge is -2.10. The van der Waals surface area contributed by atoms with E-state index in [2.05, 4.69) is 20.6 Å². The molecule has 0 amide bonds. The summed E-state index contributed by atoms with van der Waals surface area (Å²) in [5, 5.41) is 15.5. The SMILES string of the molecule is CCNc1cncc(NCC(O)CC)n1. The van der Waals surface area contributed by atoms with Crippen LogP contribution in [0.3, 0.4) is 0 Å². The molecule has 0 radical (unpaired) electrons. The highest BCUT2D eigenvalue weighted by Gasteiger charge is 2.01. The maximum atomic E-state index is 9.37. The quantitative estimate of drug-likeness (QED) is 0.655. The van der Waals surface area contributed by atoms with E-state index in [1.165, 1.54) is 0 Å². The second-order valence-electron chi connectivity index (χ2n) is 3.26. The summed E-state index contributed by atoms with van der Waals surface area (Å²) in [7, 11) is 0. The van der Waals surface area contributed by atoms with Gasteiger partial charge in [0.2, 0.25) is 0 Å². The molecule has 15 heavy (non-hydrogen) atoms. The fourth-order valence-electron chi connectivity index (χ4n) is 1.08. The second-order valence-corrected chi connectivity index (χ2v) is 3.26. The van der Waals surface area contributed by atoms with Crippen LogP contribution in [0.1, 0.15) is 20.3 Å². The molecule has 1 rings (SSSR count). The highest BCUT2D eigenvalue weighted by atomic mass is 16.3. The molecule has 0 aliphatic carbocycles. The number of aliphatic hydroxyl groups is 1. The molecule has 1 aromatic heterocycles. The van der Waals surface area contributed by atoms with Gasteiger partial charge in [-0.15, -0.1) is 0 Å². The number of aromatic nitrogens is 2. The van der Waals surface area contributed by atoms with Crippen LogP contribution in [-0.4, -0.2) is 34.3 Å². The molecular weight excluding hydrogens is 192 g/mol. The highest BCUT2D eigenvalue weighted by Crippen LogP contribution is 2.06. The fourth-order valence-corrected chi connectivity index (χ4v) is 1.08. The van der Waals surface area contributed by atoms with Gasteiger partial charge in [0.05, 0.1) is 18.5 Å². The van der Waals surface area contributed by atoms with Gasteiger partial charge in [-0.2, -0.15) is 0 Å². The van der Waals surface area contributed by atoms with Crippen molar-refractivity contribution >= 4 is 11.6 Å². The molecule has 0 bridgehead atoms. The lowest BCUT2D eigenvalue weighted by molar-refractivity contribution is 0.183. The minimum Gasteiger partial charge on any atom is -0.391 e. The van der Waals surface area contributed by atoms with Gasteiger partial charge in [0, 0.05) is 13.1 Å². The molecule has 0 aliphatic heterocycles. The van der Waals surface area contributed by atoms with Crippen molar-refractivity contribution in [1.29, 1.82) is 0 Å². The summed E-state index contributed by atoms with van der Waals surface area (Å²) < 4.78 is 0. The Balaban J connectivity index is 2.50. The fraction of sp³-hybridized carbons (Fsp3) is 0.600. The summed E-state index contributed by atoms with van der Waals surface area (Å²) >= 11 is 0. The molecule has 3 N–H and O–H groups in total. The largest absolute Gasteiger partial charge is 0.391 e. The zero-order chi connectivity index (χ0) is 11.1. The first kappa shape index (κ1) is 11.7. The molecule has 1 atom stereocenters. The van der Waals surface area contributed by atoms with Crippen LogP contribution in [0, 0.1) is 0 Å². The van der Waals surface area contributed by atoms with Gasteiger partial charge in [0.25, 0.3) is 0 Å². The van der Waals surface area contributed by atoms with Crippen LogP contribution in [0.5, 0.6) is 0 Å². The smallest absolute Gasteiger partial charge is 0.147 e. The minimum absolute atomic E-state index is 0.338. The van der Waals surface area contributed by atoms with Gasteiger partial charge in [0.15, 0.2) is 0 Å². The summed E-state index contributed by atoms with van der Waals surface area (Å²) in [4.78, 5) is 8.31. The third kappa shape index (κ3) is 4.12. The van der Waals surface area contributed by atoms with Crippen LogP contribution >= 0.6 is 0 Å². The number of nitrogens with zero attached hydrogens (tertiary/aromatic N) is 2. The van der Waals surface area contributed by atoms with Crippen molar-refractivity contribution in [2.75, 3.05) is 23.7 Å². The third-order valence-electron chi connectivity index (χ3n) is 1.98. The Bertz CT molecular complexity index is 293. The number of rotatable bonds is 6. The Morgan fingerprint density at radius 1 is 1.27 bits per heavy atom. The lowest BCUT2D eigenvalue weighted by atomic mass is 10.3. The maximum Gasteiger partial charge on any atom is 0.147 e. The summed E-state index contributed by atoms with van der Waals surface area (Å²) in [6.07, 6.45) is 3.70. The van der Waals surface area contributed by atoms with Crippen LogP contribution in [0.4, 0.5) is 11.6 Å². The highest BCUT2D eigenvalue weighted by molar-refractivity contribution is 5.41. The normalized spacial score (nSPS) is 12.2. The van der Waals surface area contributed by atoms with Crippen LogP contribution in [0.2, 0.25) is 0 Å². The molecule has 1 aromatic rings. The molecule has 1 heterocycles. The van der Waals surface area contributed by atoms with Gasteiger partial charge < -0.3 is 15.7 Å². The molecule has 84 valence electrons. The number of hydrogen-bond acceptors (Lipinski definition) is 5. The van der Waals surface area contributed by atoms with Crippen molar-refractivity contribution in [3.63, 3.8) is 0 Å². The Morgan fingerprint density at radius 3 is 2.53 bits per heavy atom. The Labute approximate surface area is 90.0 Å². The predicted molar refractivity (Wildman–Crippen MR) is 61.0 cm³/mol. The van der Waals surface area contributed by atoms with Gasteiger partial charge in [-0.1, -0.05) is 6.92 Å². The van der Waals surface area contributed by atoms with Crippen LogP contribution in [0.25, 0.3) is 0 Å². The molecule has 1 unspecified atom stereocenters. The third-order valence-corrected chi connectivity index (χ3v) is 1.98. The van der Waals surface area contributed by atoms with E-state index in [0.29, 0.717) is 12.4 Å². The van der Waals surface area contributed by atoms with E-state index in [1.807, 2.05) is 13.8 Å². The van der Waals surface area contributed by atoms with E-state index in [0.717, 1.165) is 18.8 Å². The number of anilines is 2. The summed E-state index contributed by atoms with van der Waals surface area (Å²) in [5.41, 5.74) is 0. The number of hydrogen-bond donors (Lipinski definition) is 3. The van der Waals surface area contributed by atoms with Crippen LogP contribution in [-0.2, 0) is 0 Å². The molecule has 0 spiro atoms. The Hall–Kier alpha value is -1.36. The van der Waals surface area contributed by atoms with E-state index in [9.17, 15) is 5.11 Å². The Kier molecular flexibility index (Phi) is 4.83. The van der Waals surface area contributed by atoms with Crippen molar-refractivity contribution in [3.05, 3.63) is 12.4 Å². The second kappa shape index (κ2) is 6.19. The molecule has 0 saturated carbocycles. The van der Waals surface area contributed by atoms with E-state index < -0.39 is 0 Å². The molecule has 5 nitrogen and oxygen atoms in total. The van der Waals surface area contributed by atoms with Crippen molar-refractivity contribution in [2.45, 2.75) is 26.4 Å². The summed E-state index contributed by atoms with van der Waals surface area (Å²) in [6, 6.07) is 0. The monoisotopic (exact) mass is 210 g/mol. The van der Waals surface area contributed by atoms with Gasteiger partial charge in [-0.25, -0.2) is 4.98 Å². The first-order chi connectivity index (χ1) is 7.26. The van der Waals surface area contributed by atoms with E-state index in [4.69, 9.17) is 0 Å². The van der Waals surface area contributed by atoms with Crippen molar-refractivity contribution < 1.29 is 5.11 Å². The molecule has 0 fully saturated rings. The minimum atomic E-state index is -0.338. The first-order valence-electron chi connectivity index (χ1n) is 5.24. The van der Waals surface area contributed by atoms with Gasteiger partial charge in [0.1, 0.15) is 11.6 Å². The first-order valence-corrected chi connectivity index (χ1v) is 5.24. The van der Waals surface area contributed by atoms with Crippen LogP contribution in [0.15, 0.2) is 12.4 Å². The topological polar surface area (TPSA) is 70.1 Å². The maximum absolute atomic E-state index is 9.37. The van der Waals surface area contributed by atoms with Crippen molar-refractivity contribution in [1.82, 2.24) is 9.97 Å². The molecule has 0 aliphatic rings. The van der Waals surface area contributed by atoms with E-state index >= 15 is 0 Å². The number of aliphatic hydroxyl groups excluding tert-OH is 1. The van der Waals surface area contributed by atoms with Crippen molar-refractivity contribution in [3.8, 4) is 0 Å². The summed E-state index contributed by atoms with van der Waals surface area (Å²) in [5.74, 6) is 1.43. The molecule has 5 heteroatoms. The average molecular weight is 210 g/mol. The van der Waals surface area contributed by atoms with E-state index in [1.54, 1.807) is 12.4 Å². The van der Waals surface area contributed by atoms with Crippen molar-refractivity contribution in [2.24, 2.45) is 0 Å². The van der Waals surface area contributed by atoms with E-state index in [-0.39, 0.29) is 6.10 Å². The van der Waals surface area contributed by atoms with Crippen LogP contribution < -0.4 is 10.6 Å². The van der Waals surface area contributed by atoms with Gasteiger partial charge in [-0.05, 0) is 13.3 Å². The van der Waals surface area contributed by atoms with Gasteiger partial charge in [-0.3, -0.25) is 4.98 Å². The standard InChI is InChI=1S/C10H18N4O/c1-3-8(15)5-13-10-7-11-6-9(14-10)12-4-2/h6-8,15H,3-5H2,1-2H3,(H2,12,13,14).